The van der Waals surface area contributed by atoms with Gasteiger partial charge in [-0.1, -0.05) is 0 Å². The highest BCUT2D eigenvalue weighted by Gasteiger charge is 2.08. The number of nitrogens with one attached hydrogen (secondary N) is 2. The number of nitrogens with zero attached hydrogens (tertiary/aromatic N) is 2. The molecule has 120 valence electrons. The van der Waals surface area contributed by atoms with Gasteiger partial charge >= 0.3 is 0 Å². The highest BCUT2D eigenvalue weighted by atomic mass is 79.9. The Kier molecular flexibility index (Phi) is 4.81. The van der Waals surface area contributed by atoms with E-state index in [1.807, 2.05) is 0 Å². The van der Waals surface area contributed by atoms with E-state index < -0.39 is 0 Å². The average molecular weight is 387 g/mol. The molecule has 0 aliphatic heterocycles. The second kappa shape index (κ2) is 7.18. The first kappa shape index (κ1) is 16.1. The Balaban J connectivity index is 1.68. The topological polar surface area (TPSA) is 66.9 Å². The second-order valence-corrected chi connectivity index (χ2v) is 5.71. The number of carbonyl (C=O) groups excluding carboxylic acids is 1. The zero-order valence-electron chi connectivity index (χ0n) is 12.3. The van der Waals surface area contributed by atoms with Crippen molar-refractivity contribution in [2.45, 2.75) is 0 Å². The van der Waals surface area contributed by atoms with E-state index in [4.69, 9.17) is 0 Å². The summed E-state index contributed by atoms with van der Waals surface area (Å²) in [6, 6.07) is 12.9. The number of rotatable bonds is 4. The van der Waals surface area contributed by atoms with Gasteiger partial charge in [-0.05, 0) is 64.5 Å². The maximum absolute atomic E-state index is 13.2. The number of benzene rings is 2. The lowest BCUT2D eigenvalue weighted by Gasteiger charge is -2.08. The van der Waals surface area contributed by atoms with E-state index in [0.717, 1.165) is 5.69 Å². The monoisotopic (exact) mass is 386 g/mol. The number of amides is 1. The fraction of sp³-hybridized carbons (Fsp3) is 0. The summed E-state index contributed by atoms with van der Waals surface area (Å²) in [6.45, 7) is 0. The van der Waals surface area contributed by atoms with E-state index in [2.05, 4.69) is 36.5 Å². The predicted molar refractivity (Wildman–Crippen MR) is 93.8 cm³/mol. The lowest BCUT2D eigenvalue weighted by Crippen LogP contribution is -2.11. The molecule has 0 spiro atoms. The van der Waals surface area contributed by atoms with Crippen molar-refractivity contribution < 1.29 is 9.18 Å². The Hall–Kier alpha value is -2.80. The van der Waals surface area contributed by atoms with Crippen molar-refractivity contribution in [3.8, 4) is 0 Å². The first-order chi connectivity index (χ1) is 11.6. The normalized spacial score (nSPS) is 10.2. The van der Waals surface area contributed by atoms with Crippen molar-refractivity contribution in [2.24, 2.45) is 0 Å². The summed E-state index contributed by atoms with van der Waals surface area (Å²) >= 11 is 3.09. The minimum absolute atomic E-state index is 0.281. The molecule has 0 aliphatic rings. The molecule has 0 fully saturated rings. The molecule has 3 aromatic rings. The molecule has 2 aromatic carbocycles. The molecular formula is C17H12BrFN4O. The number of hydrogen-bond acceptors (Lipinski definition) is 4. The Bertz CT molecular complexity index is 856. The molecule has 0 radical (unpaired) electrons. The maximum Gasteiger partial charge on any atom is 0.255 e. The SMILES string of the molecule is O=C(Nc1ccc(F)c(Br)c1)c1ccc(Nc2ncccn2)cc1. The molecule has 0 bridgehead atoms. The van der Waals surface area contributed by atoms with E-state index in [9.17, 15) is 9.18 Å². The highest BCUT2D eigenvalue weighted by molar-refractivity contribution is 9.10. The van der Waals surface area contributed by atoms with Gasteiger partial charge < -0.3 is 10.6 Å². The van der Waals surface area contributed by atoms with Crippen molar-refractivity contribution in [1.82, 2.24) is 9.97 Å². The summed E-state index contributed by atoms with van der Waals surface area (Å²) in [6.07, 6.45) is 3.27. The number of carbonyl (C=O) groups is 1. The van der Waals surface area contributed by atoms with Crippen LogP contribution in [0, 0.1) is 5.82 Å². The molecule has 3 rings (SSSR count). The average Bonchev–Trinajstić information content (AvgIpc) is 2.60. The van der Waals surface area contributed by atoms with Crippen LogP contribution in [0.2, 0.25) is 0 Å². The Morgan fingerprint density at radius 3 is 2.33 bits per heavy atom. The third-order valence-corrected chi connectivity index (χ3v) is 3.75. The van der Waals surface area contributed by atoms with Crippen LogP contribution >= 0.6 is 15.9 Å². The van der Waals surface area contributed by atoms with Crippen LogP contribution in [0.5, 0.6) is 0 Å². The molecule has 1 aromatic heterocycles. The predicted octanol–water partition coefficient (Wildman–Crippen LogP) is 4.37. The smallest absolute Gasteiger partial charge is 0.255 e. The standard InChI is InChI=1S/C17H12BrFN4O/c18-14-10-13(6-7-15(14)19)22-16(24)11-2-4-12(5-3-11)23-17-20-8-1-9-21-17/h1-10H,(H,22,24)(H,20,21,23). The summed E-state index contributed by atoms with van der Waals surface area (Å²) in [5.74, 6) is -0.187. The number of aromatic nitrogens is 2. The Labute approximate surface area is 146 Å². The van der Waals surface area contributed by atoms with Crippen molar-refractivity contribution >= 4 is 39.2 Å². The molecule has 5 nitrogen and oxygen atoms in total. The molecule has 1 amide bonds. The molecule has 0 unspecified atom stereocenters. The van der Waals surface area contributed by atoms with Gasteiger partial charge in [0.25, 0.3) is 5.91 Å². The van der Waals surface area contributed by atoms with Gasteiger partial charge in [0.15, 0.2) is 0 Å². The molecule has 0 saturated heterocycles. The number of anilines is 3. The van der Waals surface area contributed by atoms with Crippen LogP contribution in [-0.4, -0.2) is 15.9 Å². The summed E-state index contributed by atoms with van der Waals surface area (Å²) < 4.78 is 13.5. The summed E-state index contributed by atoms with van der Waals surface area (Å²) in [4.78, 5) is 20.3. The first-order valence-corrected chi connectivity index (χ1v) is 7.81. The van der Waals surface area contributed by atoms with E-state index in [1.165, 1.54) is 18.2 Å². The van der Waals surface area contributed by atoms with Gasteiger partial charge in [0.1, 0.15) is 5.82 Å². The summed E-state index contributed by atoms with van der Waals surface area (Å²) in [5, 5.41) is 5.75. The van der Waals surface area contributed by atoms with Crippen LogP contribution in [0.4, 0.5) is 21.7 Å². The van der Waals surface area contributed by atoms with Crippen LogP contribution in [0.3, 0.4) is 0 Å². The summed E-state index contributed by atoms with van der Waals surface area (Å²) in [7, 11) is 0. The van der Waals surface area contributed by atoms with Crippen LogP contribution < -0.4 is 10.6 Å². The third kappa shape index (κ3) is 3.94. The van der Waals surface area contributed by atoms with Gasteiger partial charge in [0.05, 0.1) is 4.47 Å². The largest absolute Gasteiger partial charge is 0.324 e. The molecule has 0 atom stereocenters. The van der Waals surface area contributed by atoms with Crippen molar-refractivity contribution in [3.05, 3.63) is 76.8 Å². The highest BCUT2D eigenvalue weighted by Crippen LogP contribution is 2.21. The second-order valence-electron chi connectivity index (χ2n) is 4.86. The molecule has 1 heterocycles. The van der Waals surface area contributed by atoms with E-state index in [1.54, 1.807) is 42.7 Å². The van der Waals surface area contributed by atoms with Crippen LogP contribution in [-0.2, 0) is 0 Å². The van der Waals surface area contributed by atoms with Gasteiger partial charge in [-0.15, -0.1) is 0 Å². The van der Waals surface area contributed by atoms with Crippen LogP contribution in [0.25, 0.3) is 0 Å². The van der Waals surface area contributed by atoms with E-state index in [0.29, 0.717) is 21.7 Å². The lowest BCUT2D eigenvalue weighted by atomic mass is 10.2. The van der Waals surface area contributed by atoms with E-state index in [-0.39, 0.29) is 11.7 Å². The zero-order chi connectivity index (χ0) is 16.9. The van der Waals surface area contributed by atoms with Gasteiger partial charge in [-0.2, -0.15) is 0 Å². The third-order valence-electron chi connectivity index (χ3n) is 3.15. The van der Waals surface area contributed by atoms with Crippen molar-refractivity contribution in [1.29, 1.82) is 0 Å². The molecule has 7 heteroatoms. The maximum atomic E-state index is 13.2. The zero-order valence-corrected chi connectivity index (χ0v) is 13.9. The van der Waals surface area contributed by atoms with Crippen LogP contribution in [0.15, 0.2) is 65.4 Å². The molecule has 2 N–H and O–H groups in total. The molecule has 0 saturated carbocycles. The molecular weight excluding hydrogens is 375 g/mol. The van der Waals surface area contributed by atoms with Crippen molar-refractivity contribution in [2.75, 3.05) is 10.6 Å². The van der Waals surface area contributed by atoms with Gasteiger partial charge in [-0.3, -0.25) is 4.79 Å². The summed E-state index contributed by atoms with van der Waals surface area (Å²) in [5.41, 5.74) is 1.76. The minimum atomic E-state index is -0.383. The van der Waals surface area contributed by atoms with Gasteiger partial charge in [0, 0.05) is 29.3 Å². The fourth-order valence-corrected chi connectivity index (χ4v) is 2.35. The molecule has 24 heavy (non-hydrogen) atoms. The van der Waals surface area contributed by atoms with Gasteiger partial charge in [0.2, 0.25) is 5.95 Å². The quantitative estimate of drug-likeness (QED) is 0.698. The molecule has 0 aliphatic carbocycles. The van der Waals surface area contributed by atoms with Crippen molar-refractivity contribution in [3.63, 3.8) is 0 Å². The van der Waals surface area contributed by atoms with E-state index >= 15 is 0 Å². The minimum Gasteiger partial charge on any atom is -0.324 e. The van der Waals surface area contributed by atoms with Gasteiger partial charge in [-0.25, -0.2) is 14.4 Å². The lowest BCUT2D eigenvalue weighted by molar-refractivity contribution is 0.102. The first-order valence-electron chi connectivity index (χ1n) is 7.02. The Morgan fingerprint density at radius 2 is 1.67 bits per heavy atom. The van der Waals surface area contributed by atoms with Crippen LogP contribution in [0.1, 0.15) is 10.4 Å². The Morgan fingerprint density at radius 1 is 1.00 bits per heavy atom. The fourth-order valence-electron chi connectivity index (χ4n) is 1.97. The number of halogens is 2. The number of hydrogen-bond donors (Lipinski definition) is 2.